The van der Waals surface area contributed by atoms with E-state index in [2.05, 4.69) is 11.6 Å². The fourth-order valence-corrected chi connectivity index (χ4v) is 2.44. The Morgan fingerprint density at radius 3 is 3.11 bits per heavy atom. The number of carbonyl (C=O) groups is 1. The zero-order valence-corrected chi connectivity index (χ0v) is 11.4. The van der Waals surface area contributed by atoms with Crippen LogP contribution in [0.15, 0.2) is 18.9 Å². The van der Waals surface area contributed by atoms with Gasteiger partial charge in [-0.15, -0.1) is 0 Å². The molecule has 1 atom stereocenters. The van der Waals surface area contributed by atoms with Crippen molar-refractivity contribution in [3.63, 3.8) is 0 Å². The Bertz CT molecular complexity index is 496. The third kappa shape index (κ3) is 2.95. The van der Waals surface area contributed by atoms with Gasteiger partial charge in [0.05, 0.1) is 5.69 Å². The van der Waals surface area contributed by atoms with E-state index < -0.39 is 0 Å². The van der Waals surface area contributed by atoms with Crippen molar-refractivity contribution >= 4 is 5.97 Å². The van der Waals surface area contributed by atoms with Crippen LogP contribution in [0.3, 0.4) is 0 Å². The molecular weight excluding hydrogens is 242 g/mol. The maximum atomic E-state index is 11.2. The predicted octanol–water partition coefficient (Wildman–Crippen LogP) is 2.90. The van der Waals surface area contributed by atoms with Crippen molar-refractivity contribution in [1.29, 1.82) is 0 Å². The largest absolute Gasteiger partial charge is 0.489 e. The van der Waals surface area contributed by atoms with Crippen LogP contribution in [0.4, 0.5) is 0 Å². The summed E-state index contributed by atoms with van der Waals surface area (Å²) in [6.45, 7) is 7.53. The molecule has 0 bridgehead atoms. The highest BCUT2D eigenvalue weighted by Crippen LogP contribution is 2.37. The Kier molecular flexibility index (Phi) is 4.20. The van der Waals surface area contributed by atoms with E-state index in [-0.39, 0.29) is 12.1 Å². The van der Waals surface area contributed by atoms with Crippen LogP contribution in [-0.4, -0.2) is 17.6 Å². The molecule has 102 valence electrons. The van der Waals surface area contributed by atoms with Crippen LogP contribution in [0.2, 0.25) is 0 Å². The zero-order chi connectivity index (χ0) is 13.8. The van der Waals surface area contributed by atoms with Gasteiger partial charge in [-0.05, 0) is 26.2 Å². The van der Waals surface area contributed by atoms with Crippen molar-refractivity contribution in [2.24, 2.45) is 0 Å². The summed E-state index contributed by atoms with van der Waals surface area (Å²) in [5.74, 6) is 0.593. The molecule has 4 heteroatoms. The number of esters is 1. The smallest absolute Gasteiger partial charge is 0.303 e. The van der Waals surface area contributed by atoms with Crippen molar-refractivity contribution in [3.05, 3.63) is 35.7 Å². The molecule has 0 radical (unpaired) electrons. The second kappa shape index (κ2) is 5.87. The number of fused-ring (bicyclic) bond motifs is 1. The van der Waals surface area contributed by atoms with Gasteiger partial charge in [0.1, 0.15) is 18.5 Å². The minimum absolute atomic E-state index is 0.243. The quantitative estimate of drug-likeness (QED) is 0.617. The molecule has 1 aromatic rings. The Hall–Kier alpha value is -1.84. The van der Waals surface area contributed by atoms with E-state index in [1.165, 1.54) is 6.92 Å². The Morgan fingerprint density at radius 2 is 2.42 bits per heavy atom. The number of aromatic nitrogens is 1. The van der Waals surface area contributed by atoms with Crippen molar-refractivity contribution in [2.45, 2.75) is 39.2 Å². The number of ether oxygens (including phenoxy) is 2. The van der Waals surface area contributed by atoms with Gasteiger partial charge in [-0.25, -0.2) is 0 Å². The van der Waals surface area contributed by atoms with Gasteiger partial charge in [0, 0.05) is 24.2 Å². The summed E-state index contributed by atoms with van der Waals surface area (Å²) in [4.78, 5) is 15.6. The monoisotopic (exact) mass is 261 g/mol. The van der Waals surface area contributed by atoms with Gasteiger partial charge in [-0.1, -0.05) is 12.7 Å². The first-order valence-electron chi connectivity index (χ1n) is 6.52. The molecule has 1 heterocycles. The summed E-state index contributed by atoms with van der Waals surface area (Å²) in [6.07, 6.45) is 5.96. The number of rotatable bonds is 4. The first kappa shape index (κ1) is 13.6. The number of pyridine rings is 1. The lowest BCUT2D eigenvalue weighted by molar-refractivity contribution is -0.147. The van der Waals surface area contributed by atoms with Gasteiger partial charge in [0.25, 0.3) is 0 Å². The Balaban J connectivity index is 2.36. The van der Waals surface area contributed by atoms with Crippen molar-refractivity contribution < 1.29 is 14.3 Å². The Morgan fingerprint density at radius 1 is 1.63 bits per heavy atom. The zero-order valence-electron chi connectivity index (χ0n) is 11.4. The van der Waals surface area contributed by atoms with Crippen LogP contribution >= 0.6 is 0 Å². The second-order valence-electron chi connectivity index (χ2n) is 4.72. The molecule has 0 saturated heterocycles. The van der Waals surface area contributed by atoms with Gasteiger partial charge in [-0.3, -0.25) is 9.78 Å². The maximum Gasteiger partial charge on any atom is 0.303 e. The minimum Gasteiger partial charge on any atom is -0.489 e. The van der Waals surface area contributed by atoms with Crippen LogP contribution in [0.1, 0.15) is 42.7 Å². The standard InChI is InChI=1S/C15H19NO3/c1-4-8-18-15-10(2)9-16-14-12(15)6-5-7-13(14)19-11(3)17/h4,9,13H,1,5-8H2,2-3H3. The fourth-order valence-electron chi connectivity index (χ4n) is 2.44. The van der Waals surface area contributed by atoms with Crippen molar-refractivity contribution in [2.75, 3.05) is 6.61 Å². The van der Waals surface area contributed by atoms with E-state index in [9.17, 15) is 4.79 Å². The number of hydrogen-bond acceptors (Lipinski definition) is 4. The van der Waals surface area contributed by atoms with Gasteiger partial charge < -0.3 is 9.47 Å². The van der Waals surface area contributed by atoms with Gasteiger partial charge in [0.15, 0.2) is 0 Å². The van der Waals surface area contributed by atoms with E-state index in [0.717, 1.165) is 41.8 Å². The van der Waals surface area contributed by atoms with E-state index in [1.807, 2.05) is 6.92 Å². The van der Waals surface area contributed by atoms with Gasteiger partial charge in [-0.2, -0.15) is 0 Å². The lowest BCUT2D eigenvalue weighted by Crippen LogP contribution is -2.18. The van der Waals surface area contributed by atoms with Crippen LogP contribution in [0, 0.1) is 6.92 Å². The number of aryl methyl sites for hydroxylation is 1. The van der Waals surface area contributed by atoms with E-state index in [0.29, 0.717) is 6.61 Å². The molecule has 0 N–H and O–H groups in total. The molecule has 19 heavy (non-hydrogen) atoms. The number of nitrogens with zero attached hydrogens (tertiary/aromatic N) is 1. The SMILES string of the molecule is C=CCOc1c(C)cnc2c1CCCC2OC(C)=O. The maximum absolute atomic E-state index is 11.2. The Labute approximate surface area is 113 Å². The van der Waals surface area contributed by atoms with Gasteiger partial charge >= 0.3 is 5.97 Å². The number of carbonyl (C=O) groups excluding carboxylic acids is 1. The lowest BCUT2D eigenvalue weighted by atomic mass is 9.92. The third-order valence-electron chi connectivity index (χ3n) is 3.19. The molecule has 0 spiro atoms. The molecule has 1 unspecified atom stereocenters. The topological polar surface area (TPSA) is 48.4 Å². The summed E-state index contributed by atoms with van der Waals surface area (Å²) in [5.41, 5.74) is 2.91. The molecule has 0 aliphatic heterocycles. The average Bonchev–Trinajstić information content (AvgIpc) is 2.37. The van der Waals surface area contributed by atoms with Crippen LogP contribution in [0.5, 0.6) is 5.75 Å². The summed E-state index contributed by atoms with van der Waals surface area (Å²) in [7, 11) is 0. The first-order valence-corrected chi connectivity index (χ1v) is 6.52. The van der Waals surface area contributed by atoms with Gasteiger partial charge in [0.2, 0.25) is 0 Å². The molecule has 0 saturated carbocycles. The molecule has 0 amide bonds. The molecular formula is C15H19NO3. The molecule has 0 fully saturated rings. The molecule has 1 aromatic heterocycles. The highest BCUT2D eigenvalue weighted by Gasteiger charge is 2.27. The van der Waals surface area contributed by atoms with Crippen LogP contribution < -0.4 is 4.74 Å². The second-order valence-corrected chi connectivity index (χ2v) is 4.72. The summed E-state index contributed by atoms with van der Waals surface area (Å²) >= 11 is 0. The van der Waals surface area contributed by atoms with Crippen LogP contribution in [-0.2, 0) is 16.0 Å². The molecule has 1 aliphatic rings. The van der Waals surface area contributed by atoms with E-state index in [1.54, 1.807) is 12.3 Å². The third-order valence-corrected chi connectivity index (χ3v) is 3.19. The predicted molar refractivity (Wildman–Crippen MR) is 72.1 cm³/mol. The summed E-state index contributed by atoms with van der Waals surface area (Å²) in [6, 6.07) is 0. The first-order chi connectivity index (χ1) is 9.13. The lowest BCUT2D eigenvalue weighted by Gasteiger charge is -2.26. The average molecular weight is 261 g/mol. The van der Waals surface area contributed by atoms with E-state index in [4.69, 9.17) is 9.47 Å². The van der Waals surface area contributed by atoms with E-state index >= 15 is 0 Å². The molecule has 1 aliphatic carbocycles. The normalized spacial score (nSPS) is 17.5. The van der Waals surface area contributed by atoms with Crippen molar-refractivity contribution in [3.8, 4) is 5.75 Å². The molecule has 0 aromatic carbocycles. The summed E-state index contributed by atoms with van der Waals surface area (Å²) in [5, 5.41) is 0. The number of hydrogen-bond donors (Lipinski definition) is 0. The minimum atomic E-state index is -0.270. The highest BCUT2D eigenvalue weighted by atomic mass is 16.5. The highest BCUT2D eigenvalue weighted by molar-refractivity contribution is 5.66. The molecule has 4 nitrogen and oxygen atoms in total. The fraction of sp³-hybridized carbons (Fsp3) is 0.467. The van der Waals surface area contributed by atoms with Crippen LogP contribution in [0.25, 0.3) is 0 Å². The molecule has 2 rings (SSSR count). The summed E-state index contributed by atoms with van der Waals surface area (Å²) < 4.78 is 11.1. The van der Waals surface area contributed by atoms with Crippen molar-refractivity contribution in [1.82, 2.24) is 4.98 Å².